The molecule has 0 aliphatic rings. The molecule has 4 heteroatoms. The number of anilines is 1. The molecule has 1 aromatic carbocycles. The number of benzene rings is 1. The van der Waals surface area contributed by atoms with E-state index in [9.17, 15) is 0 Å². The van der Waals surface area contributed by atoms with Crippen LogP contribution < -0.4 is 5.32 Å². The van der Waals surface area contributed by atoms with Crippen molar-refractivity contribution in [3.05, 3.63) is 59.9 Å². The fraction of sp³-hybridized carbons (Fsp3) is 0.429. The summed E-state index contributed by atoms with van der Waals surface area (Å²) in [7, 11) is 0. The zero-order valence-corrected chi connectivity index (χ0v) is 17.4. The third-order valence-corrected chi connectivity index (χ3v) is 5.96. The number of aromatic nitrogens is 1. The fourth-order valence-corrected chi connectivity index (χ4v) is 4.31. The van der Waals surface area contributed by atoms with E-state index in [4.69, 9.17) is 12.2 Å². The summed E-state index contributed by atoms with van der Waals surface area (Å²) < 4.78 is 0.860. The minimum atomic E-state index is 0.0650. The van der Waals surface area contributed by atoms with Crippen molar-refractivity contribution in [2.45, 2.75) is 57.6 Å². The lowest BCUT2D eigenvalue weighted by molar-refractivity contribution is 0.588. The van der Waals surface area contributed by atoms with E-state index in [2.05, 4.69) is 69.2 Å². The van der Waals surface area contributed by atoms with E-state index in [-0.39, 0.29) is 10.2 Å². The molecule has 1 N–H and O–H groups in total. The van der Waals surface area contributed by atoms with Gasteiger partial charge in [-0.3, -0.25) is 4.98 Å². The highest BCUT2D eigenvalue weighted by atomic mass is 32.2. The molecule has 0 radical (unpaired) electrons. The van der Waals surface area contributed by atoms with Crippen molar-refractivity contribution in [1.82, 2.24) is 4.98 Å². The van der Waals surface area contributed by atoms with E-state index < -0.39 is 0 Å². The number of thioether (sulfide) groups is 1. The van der Waals surface area contributed by atoms with Crippen LogP contribution in [0.5, 0.6) is 0 Å². The van der Waals surface area contributed by atoms with Crippen LogP contribution in [0.1, 0.15) is 52.2 Å². The van der Waals surface area contributed by atoms with Gasteiger partial charge in [-0.25, -0.2) is 0 Å². The molecule has 0 bridgehead atoms. The molecule has 2 rings (SSSR count). The molecule has 1 heterocycles. The van der Waals surface area contributed by atoms with Gasteiger partial charge in [0.25, 0.3) is 0 Å². The van der Waals surface area contributed by atoms with Crippen molar-refractivity contribution in [2.75, 3.05) is 5.32 Å². The van der Waals surface area contributed by atoms with Crippen LogP contribution in [0.3, 0.4) is 0 Å². The Kier molecular flexibility index (Phi) is 6.64. The molecule has 1 unspecified atom stereocenters. The van der Waals surface area contributed by atoms with E-state index in [0.29, 0.717) is 0 Å². The summed E-state index contributed by atoms with van der Waals surface area (Å²) in [5, 5.41) is 3.28. The third-order valence-electron chi connectivity index (χ3n) is 4.39. The Morgan fingerprint density at radius 2 is 1.80 bits per heavy atom. The van der Waals surface area contributed by atoms with Crippen molar-refractivity contribution in [3.8, 4) is 0 Å². The summed E-state index contributed by atoms with van der Waals surface area (Å²) in [5.41, 5.74) is 3.86. The van der Waals surface area contributed by atoms with E-state index in [0.717, 1.165) is 22.8 Å². The van der Waals surface area contributed by atoms with Crippen LogP contribution >= 0.6 is 24.0 Å². The van der Waals surface area contributed by atoms with Crippen molar-refractivity contribution >= 4 is 34.0 Å². The summed E-state index contributed by atoms with van der Waals surface area (Å²) in [5.74, 6) is 0. The molecular formula is C21H28N2S2. The highest BCUT2D eigenvalue weighted by Gasteiger charge is 2.26. The number of hydrogen-bond acceptors (Lipinski definition) is 3. The van der Waals surface area contributed by atoms with Gasteiger partial charge in [0.2, 0.25) is 0 Å². The first-order valence-electron chi connectivity index (χ1n) is 8.71. The summed E-state index contributed by atoms with van der Waals surface area (Å²) in [6.45, 7) is 11.2. The van der Waals surface area contributed by atoms with E-state index >= 15 is 0 Å². The zero-order valence-electron chi connectivity index (χ0n) is 15.8. The van der Waals surface area contributed by atoms with E-state index in [1.807, 2.05) is 12.1 Å². The molecule has 1 aromatic heterocycles. The van der Waals surface area contributed by atoms with Crippen LogP contribution in [0.25, 0.3) is 0 Å². The lowest BCUT2D eigenvalue weighted by Crippen LogP contribution is -2.26. The molecule has 0 saturated carbocycles. The molecule has 2 aromatic rings. The summed E-state index contributed by atoms with van der Waals surface area (Å²) in [6.07, 6.45) is 5.60. The van der Waals surface area contributed by atoms with Gasteiger partial charge in [-0.05, 0) is 48.4 Å². The van der Waals surface area contributed by atoms with Crippen molar-refractivity contribution < 1.29 is 0 Å². The molecule has 0 spiro atoms. The Morgan fingerprint density at radius 3 is 2.32 bits per heavy atom. The predicted molar refractivity (Wildman–Crippen MR) is 116 cm³/mol. The van der Waals surface area contributed by atoms with Gasteiger partial charge in [0.1, 0.15) is 4.32 Å². The maximum atomic E-state index is 5.56. The first-order valence-corrected chi connectivity index (χ1v) is 9.94. The Morgan fingerprint density at radius 1 is 1.12 bits per heavy atom. The number of thiocarbonyl (C=S) groups is 1. The number of pyridine rings is 1. The smallest absolute Gasteiger partial charge is 0.138 e. The second-order valence-electron chi connectivity index (χ2n) is 7.68. The molecule has 0 fully saturated rings. The third kappa shape index (κ3) is 6.12. The molecule has 2 nitrogen and oxygen atoms in total. The average Bonchev–Trinajstić information content (AvgIpc) is 2.55. The van der Waals surface area contributed by atoms with Crippen LogP contribution in [-0.2, 0) is 11.8 Å². The predicted octanol–water partition coefficient (Wildman–Crippen LogP) is 6.22. The van der Waals surface area contributed by atoms with Crippen LogP contribution in [0.2, 0.25) is 0 Å². The Balaban J connectivity index is 2.03. The second kappa shape index (κ2) is 8.33. The number of hydrogen-bond donors (Lipinski definition) is 1. The second-order valence-corrected chi connectivity index (χ2v) is 9.95. The average molecular weight is 373 g/mol. The summed E-state index contributed by atoms with van der Waals surface area (Å²) in [4.78, 5) is 4.12. The monoisotopic (exact) mass is 372 g/mol. The van der Waals surface area contributed by atoms with E-state index in [1.165, 1.54) is 11.1 Å². The first kappa shape index (κ1) is 19.9. The highest BCUT2D eigenvalue weighted by Crippen LogP contribution is 2.34. The van der Waals surface area contributed by atoms with Gasteiger partial charge in [0.15, 0.2) is 0 Å². The Hall–Kier alpha value is -1.39. The van der Waals surface area contributed by atoms with Gasteiger partial charge in [-0.1, -0.05) is 75.9 Å². The molecule has 25 heavy (non-hydrogen) atoms. The number of rotatable bonds is 5. The standard InChI is InChI=1S/C21H28N2S2/c1-6-21(5,25-19(24)23-18-8-7-13-22-15-18)14-16-9-11-17(12-10-16)20(2,3)4/h7-13,15H,6,14H2,1-5H3,(H,23,24). The van der Waals surface area contributed by atoms with Gasteiger partial charge < -0.3 is 5.32 Å². The fourth-order valence-electron chi connectivity index (χ4n) is 2.59. The Bertz CT molecular complexity index is 690. The van der Waals surface area contributed by atoms with Crippen molar-refractivity contribution in [3.63, 3.8) is 0 Å². The van der Waals surface area contributed by atoms with Crippen LogP contribution in [0.4, 0.5) is 5.69 Å². The lowest BCUT2D eigenvalue weighted by atomic mass is 9.86. The van der Waals surface area contributed by atoms with Gasteiger partial charge in [-0.2, -0.15) is 0 Å². The number of nitrogens with zero attached hydrogens (tertiary/aromatic N) is 1. The minimum Gasteiger partial charge on any atom is -0.340 e. The van der Waals surface area contributed by atoms with E-state index in [1.54, 1.807) is 24.2 Å². The minimum absolute atomic E-state index is 0.0650. The normalized spacial score (nSPS) is 14.0. The lowest BCUT2D eigenvalue weighted by Gasteiger charge is -2.28. The molecule has 1 atom stereocenters. The highest BCUT2D eigenvalue weighted by molar-refractivity contribution is 8.24. The molecular weight excluding hydrogens is 344 g/mol. The van der Waals surface area contributed by atoms with Gasteiger partial charge >= 0.3 is 0 Å². The SMILES string of the molecule is CCC(C)(Cc1ccc(C(C)(C)C)cc1)SC(=S)Nc1cccnc1. The summed E-state index contributed by atoms with van der Waals surface area (Å²) in [6, 6.07) is 12.9. The van der Waals surface area contributed by atoms with Gasteiger partial charge in [-0.15, -0.1) is 0 Å². The van der Waals surface area contributed by atoms with Crippen LogP contribution in [-0.4, -0.2) is 14.1 Å². The van der Waals surface area contributed by atoms with Gasteiger partial charge in [0, 0.05) is 10.9 Å². The summed E-state index contributed by atoms with van der Waals surface area (Å²) >= 11 is 7.30. The number of nitrogens with one attached hydrogen (secondary N) is 1. The maximum Gasteiger partial charge on any atom is 0.138 e. The Labute approximate surface area is 161 Å². The zero-order chi connectivity index (χ0) is 18.5. The molecule has 0 aliphatic carbocycles. The molecule has 0 amide bonds. The van der Waals surface area contributed by atoms with Crippen LogP contribution in [0, 0.1) is 0 Å². The molecule has 0 aliphatic heterocycles. The first-order chi connectivity index (χ1) is 11.7. The van der Waals surface area contributed by atoms with Crippen molar-refractivity contribution in [2.24, 2.45) is 0 Å². The van der Waals surface area contributed by atoms with Crippen LogP contribution in [0.15, 0.2) is 48.8 Å². The topological polar surface area (TPSA) is 24.9 Å². The molecule has 134 valence electrons. The van der Waals surface area contributed by atoms with Gasteiger partial charge in [0.05, 0.1) is 11.9 Å². The maximum absolute atomic E-state index is 5.56. The quantitative estimate of drug-likeness (QED) is 0.630. The largest absolute Gasteiger partial charge is 0.340 e. The molecule has 0 saturated heterocycles. The van der Waals surface area contributed by atoms with Crippen molar-refractivity contribution in [1.29, 1.82) is 0 Å².